The molecule has 0 spiro atoms. The van der Waals surface area contributed by atoms with Crippen molar-refractivity contribution in [1.82, 2.24) is 9.97 Å². The SMILES string of the molecule is COC(C)(C)CNc1cc(Cl)nc(N)n1. The molecule has 0 bridgehead atoms. The molecule has 0 amide bonds. The molecular weight excluding hydrogens is 216 g/mol. The highest BCUT2D eigenvalue weighted by molar-refractivity contribution is 6.29. The number of anilines is 2. The van der Waals surface area contributed by atoms with Crippen molar-refractivity contribution in [3.8, 4) is 0 Å². The average molecular weight is 231 g/mol. The van der Waals surface area contributed by atoms with Crippen LogP contribution in [-0.2, 0) is 4.74 Å². The lowest BCUT2D eigenvalue weighted by atomic mass is 10.1. The van der Waals surface area contributed by atoms with Crippen LogP contribution in [0.25, 0.3) is 0 Å². The first kappa shape index (κ1) is 12.0. The maximum Gasteiger partial charge on any atom is 0.223 e. The van der Waals surface area contributed by atoms with E-state index in [1.165, 1.54) is 0 Å². The van der Waals surface area contributed by atoms with Crippen LogP contribution in [0.1, 0.15) is 13.8 Å². The fourth-order valence-corrected chi connectivity index (χ4v) is 1.09. The van der Waals surface area contributed by atoms with Crippen LogP contribution >= 0.6 is 11.6 Å². The number of methoxy groups -OCH3 is 1. The molecule has 84 valence electrons. The van der Waals surface area contributed by atoms with Gasteiger partial charge >= 0.3 is 0 Å². The van der Waals surface area contributed by atoms with Gasteiger partial charge in [0.05, 0.1) is 5.60 Å². The van der Waals surface area contributed by atoms with E-state index in [0.717, 1.165) is 0 Å². The number of nitrogens with two attached hydrogens (primary N) is 1. The second-order valence-corrected chi connectivity index (χ2v) is 4.14. The molecule has 0 fully saturated rings. The van der Waals surface area contributed by atoms with Gasteiger partial charge in [-0.3, -0.25) is 0 Å². The van der Waals surface area contributed by atoms with Gasteiger partial charge in [-0.15, -0.1) is 0 Å². The molecule has 1 aromatic rings. The van der Waals surface area contributed by atoms with Crippen molar-refractivity contribution in [2.24, 2.45) is 0 Å². The Balaban J connectivity index is 2.65. The fourth-order valence-electron chi connectivity index (χ4n) is 0.901. The van der Waals surface area contributed by atoms with Crippen molar-refractivity contribution < 1.29 is 4.74 Å². The molecule has 15 heavy (non-hydrogen) atoms. The summed E-state index contributed by atoms with van der Waals surface area (Å²) in [5, 5.41) is 3.40. The third-order valence-corrected chi connectivity index (χ3v) is 2.15. The van der Waals surface area contributed by atoms with Crippen molar-refractivity contribution in [2.45, 2.75) is 19.4 Å². The second-order valence-electron chi connectivity index (χ2n) is 3.75. The van der Waals surface area contributed by atoms with Gasteiger partial charge in [0.15, 0.2) is 0 Å². The Bertz CT molecular complexity index is 323. The van der Waals surface area contributed by atoms with Crippen molar-refractivity contribution >= 4 is 23.4 Å². The molecule has 0 radical (unpaired) electrons. The number of hydrogen-bond acceptors (Lipinski definition) is 5. The molecule has 3 N–H and O–H groups in total. The molecule has 0 aliphatic rings. The molecule has 1 heterocycles. The van der Waals surface area contributed by atoms with E-state index in [9.17, 15) is 0 Å². The Kier molecular flexibility index (Phi) is 3.71. The lowest BCUT2D eigenvalue weighted by molar-refractivity contribution is 0.0343. The van der Waals surface area contributed by atoms with E-state index in [1.807, 2.05) is 13.8 Å². The van der Waals surface area contributed by atoms with E-state index < -0.39 is 0 Å². The lowest BCUT2D eigenvalue weighted by Gasteiger charge is -2.23. The maximum atomic E-state index is 5.73. The molecule has 0 atom stereocenters. The molecule has 0 unspecified atom stereocenters. The fraction of sp³-hybridized carbons (Fsp3) is 0.556. The summed E-state index contributed by atoms with van der Waals surface area (Å²) < 4.78 is 5.25. The van der Waals surface area contributed by atoms with Gasteiger partial charge in [0.25, 0.3) is 0 Å². The Morgan fingerprint density at radius 2 is 2.20 bits per heavy atom. The third kappa shape index (κ3) is 3.89. The van der Waals surface area contributed by atoms with Crippen LogP contribution in [0.5, 0.6) is 0 Å². The van der Waals surface area contributed by atoms with Crippen LogP contribution < -0.4 is 11.1 Å². The van der Waals surface area contributed by atoms with Gasteiger partial charge in [-0.05, 0) is 13.8 Å². The van der Waals surface area contributed by atoms with Crippen LogP contribution in [0.4, 0.5) is 11.8 Å². The number of nitrogens with one attached hydrogen (secondary N) is 1. The topological polar surface area (TPSA) is 73.1 Å². The summed E-state index contributed by atoms with van der Waals surface area (Å²) in [5.74, 6) is 0.748. The van der Waals surface area contributed by atoms with E-state index in [0.29, 0.717) is 17.5 Å². The van der Waals surface area contributed by atoms with E-state index in [2.05, 4.69) is 15.3 Å². The highest BCUT2D eigenvalue weighted by Gasteiger charge is 2.16. The zero-order valence-corrected chi connectivity index (χ0v) is 9.80. The first-order valence-electron chi connectivity index (χ1n) is 4.52. The summed E-state index contributed by atoms with van der Waals surface area (Å²) in [4.78, 5) is 7.75. The highest BCUT2D eigenvalue weighted by Crippen LogP contribution is 2.14. The van der Waals surface area contributed by atoms with Crippen LogP contribution in [0.3, 0.4) is 0 Å². The van der Waals surface area contributed by atoms with Crippen LogP contribution in [0.15, 0.2) is 6.07 Å². The maximum absolute atomic E-state index is 5.73. The van der Waals surface area contributed by atoms with Gasteiger partial charge in [-0.2, -0.15) is 4.98 Å². The number of aromatic nitrogens is 2. The molecule has 0 aliphatic carbocycles. The Morgan fingerprint density at radius 3 is 2.73 bits per heavy atom. The number of ether oxygens (including phenoxy) is 1. The first-order chi connectivity index (χ1) is 6.93. The van der Waals surface area contributed by atoms with E-state index >= 15 is 0 Å². The summed E-state index contributed by atoms with van der Waals surface area (Å²) in [5.41, 5.74) is 5.18. The number of rotatable bonds is 4. The molecule has 0 aliphatic heterocycles. The number of nitrogen functional groups attached to an aromatic ring is 1. The summed E-state index contributed by atoms with van der Waals surface area (Å²) in [6.45, 7) is 4.54. The minimum Gasteiger partial charge on any atom is -0.377 e. The Hall–Kier alpha value is -1.07. The molecular formula is C9H15ClN4O. The van der Waals surface area contributed by atoms with E-state index in [1.54, 1.807) is 13.2 Å². The summed E-state index contributed by atoms with van der Waals surface area (Å²) in [7, 11) is 1.66. The summed E-state index contributed by atoms with van der Waals surface area (Å²) in [6, 6.07) is 1.61. The number of halogens is 1. The monoisotopic (exact) mass is 230 g/mol. The predicted octanol–water partition coefficient (Wildman–Crippen LogP) is 1.55. The van der Waals surface area contributed by atoms with Crippen molar-refractivity contribution in [3.05, 3.63) is 11.2 Å². The highest BCUT2D eigenvalue weighted by atomic mass is 35.5. The quantitative estimate of drug-likeness (QED) is 0.768. The third-order valence-electron chi connectivity index (χ3n) is 1.96. The van der Waals surface area contributed by atoms with Crippen LogP contribution in [-0.4, -0.2) is 29.2 Å². The first-order valence-corrected chi connectivity index (χ1v) is 4.90. The molecule has 0 saturated carbocycles. The molecule has 6 heteroatoms. The van der Waals surface area contributed by atoms with Gasteiger partial charge in [-0.25, -0.2) is 4.98 Å². The van der Waals surface area contributed by atoms with Gasteiger partial charge in [-0.1, -0.05) is 11.6 Å². The summed E-state index contributed by atoms with van der Waals surface area (Å²) >= 11 is 5.73. The lowest BCUT2D eigenvalue weighted by Crippen LogP contribution is -2.32. The average Bonchev–Trinajstić information content (AvgIpc) is 2.14. The Morgan fingerprint density at radius 1 is 1.53 bits per heavy atom. The summed E-state index contributed by atoms with van der Waals surface area (Å²) in [6.07, 6.45) is 0. The van der Waals surface area contributed by atoms with E-state index in [4.69, 9.17) is 22.1 Å². The van der Waals surface area contributed by atoms with Gasteiger partial charge in [0, 0.05) is 19.7 Å². The zero-order chi connectivity index (χ0) is 11.5. The normalized spacial score (nSPS) is 11.5. The molecule has 1 rings (SSSR count). The van der Waals surface area contributed by atoms with Gasteiger partial charge in [0.2, 0.25) is 5.95 Å². The van der Waals surface area contributed by atoms with Crippen molar-refractivity contribution in [2.75, 3.05) is 24.7 Å². The second kappa shape index (κ2) is 4.63. The van der Waals surface area contributed by atoms with Crippen LogP contribution in [0.2, 0.25) is 5.15 Å². The predicted molar refractivity (Wildman–Crippen MR) is 61.0 cm³/mol. The number of nitrogens with zero attached hydrogens (tertiary/aromatic N) is 2. The van der Waals surface area contributed by atoms with Crippen molar-refractivity contribution in [3.63, 3.8) is 0 Å². The number of hydrogen-bond donors (Lipinski definition) is 2. The van der Waals surface area contributed by atoms with E-state index in [-0.39, 0.29) is 11.5 Å². The molecule has 5 nitrogen and oxygen atoms in total. The van der Waals surface area contributed by atoms with Crippen LogP contribution in [0, 0.1) is 0 Å². The largest absolute Gasteiger partial charge is 0.377 e. The smallest absolute Gasteiger partial charge is 0.223 e. The minimum absolute atomic E-state index is 0.153. The van der Waals surface area contributed by atoms with Gasteiger partial charge in [0.1, 0.15) is 11.0 Å². The minimum atomic E-state index is -0.272. The standard InChI is InChI=1S/C9H15ClN4O/c1-9(2,15-3)5-12-7-4-6(10)13-8(11)14-7/h4H,5H2,1-3H3,(H3,11,12,13,14). The molecule has 0 aromatic carbocycles. The zero-order valence-electron chi connectivity index (χ0n) is 9.04. The van der Waals surface area contributed by atoms with Crippen molar-refractivity contribution in [1.29, 1.82) is 0 Å². The van der Waals surface area contributed by atoms with Gasteiger partial charge < -0.3 is 15.8 Å². The Labute approximate surface area is 94.0 Å². The molecule has 0 saturated heterocycles. The molecule has 1 aromatic heterocycles.